The van der Waals surface area contributed by atoms with Gasteiger partial charge in [0, 0.05) is 12.3 Å². The lowest BCUT2D eigenvalue weighted by Gasteiger charge is -2.69. The predicted octanol–water partition coefficient (Wildman–Crippen LogP) is 7.75. The van der Waals surface area contributed by atoms with Crippen LogP contribution in [0.25, 0.3) is 0 Å². The third kappa shape index (κ3) is 3.80. The molecule has 9 unspecified atom stereocenters. The van der Waals surface area contributed by atoms with Gasteiger partial charge in [-0.05, 0) is 104 Å². The second-order valence-corrected chi connectivity index (χ2v) is 15.8. The van der Waals surface area contributed by atoms with Crippen molar-refractivity contribution in [3.63, 3.8) is 0 Å². The molecule has 4 heteroatoms. The Balaban J connectivity index is 1.54. The van der Waals surface area contributed by atoms with Gasteiger partial charge < -0.3 is 9.47 Å². The molecule has 4 nitrogen and oxygen atoms in total. The highest BCUT2D eigenvalue weighted by Gasteiger charge is 2.67. The Bertz CT molecular complexity index is 992. The molecule has 0 aliphatic heterocycles. The van der Waals surface area contributed by atoms with E-state index in [-0.39, 0.29) is 45.1 Å². The van der Waals surface area contributed by atoms with Crippen LogP contribution in [0.15, 0.2) is 11.6 Å². The molecule has 9 atom stereocenters. The van der Waals surface area contributed by atoms with Gasteiger partial charge in [-0.2, -0.15) is 0 Å². The number of methoxy groups -OCH3 is 1. The highest BCUT2D eigenvalue weighted by atomic mass is 16.5. The molecule has 0 spiro atoms. The van der Waals surface area contributed by atoms with Crippen LogP contribution >= 0.6 is 0 Å². The first-order chi connectivity index (χ1) is 17.1. The van der Waals surface area contributed by atoms with Crippen LogP contribution in [0.5, 0.6) is 0 Å². The number of esters is 2. The smallest absolute Gasteiger partial charge is 0.312 e. The van der Waals surface area contributed by atoms with Crippen molar-refractivity contribution in [1.29, 1.82) is 0 Å². The van der Waals surface area contributed by atoms with Gasteiger partial charge in [0.15, 0.2) is 0 Å². The molecule has 208 valence electrons. The van der Waals surface area contributed by atoms with Gasteiger partial charge in [0.1, 0.15) is 6.10 Å². The summed E-state index contributed by atoms with van der Waals surface area (Å²) in [4.78, 5) is 25.4. The molecular formula is C33H52O4. The average Bonchev–Trinajstić information content (AvgIpc) is 2.80. The van der Waals surface area contributed by atoms with E-state index >= 15 is 0 Å². The van der Waals surface area contributed by atoms with Crippen LogP contribution in [0, 0.1) is 56.7 Å². The SMILES string of the molecule is COC(=O)C12CCC(C)(C)CC1C1=CCC3C(C)(CCC4C(C)(C)C(OC(C)=O)CCC43C)C1C(C)C2. The molecule has 0 aromatic carbocycles. The Labute approximate surface area is 225 Å². The minimum Gasteiger partial charge on any atom is -0.469 e. The van der Waals surface area contributed by atoms with Crippen molar-refractivity contribution in [2.24, 2.45) is 56.7 Å². The molecule has 0 heterocycles. The zero-order valence-corrected chi connectivity index (χ0v) is 25.0. The number of hydrogen-bond donors (Lipinski definition) is 0. The van der Waals surface area contributed by atoms with Gasteiger partial charge >= 0.3 is 11.9 Å². The first-order valence-corrected chi connectivity index (χ1v) is 15.1. The maximum Gasteiger partial charge on any atom is 0.312 e. The zero-order chi connectivity index (χ0) is 27.2. The van der Waals surface area contributed by atoms with Crippen molar-refractivity contribution in [1.82, 2.24) is 0 Å². The lowest BCUT2D eigenvalue weighted by atomic mass is 9.36. The summed E-state index contributed by atoms with van der Waals surface area (Å²) in [7, 11) is 1.59. The summed E-state index contributed by atoms with van der Waals surface area (Å²) in [5, 5.41) is 0. The standard InChI is InChI=1S/C33H52O4/c1-20-18-33(28(35)36-9)17-16-29(3,4)19-23(33)22-10-11-25-31(7)15-13-26(37-21(2)34)30(5,6)24(31)12-14-32(25,8)27(20)22/h10,20,23-27H,11-19H2,1-9H3. The van der Waals surface area contributed by atoms with Crippen molar-refractivity contribution < 1.29 is 19.1 Å². The number of fused-ring (bicyclic) bond motifs is 7. The van der Waals surface area contributed by atoms with Crippen LogP contribution in [-0.4, -0.2) is 25.2 Å². The molecular weight excluding hydrogens is 460 g/mol. The number of carbonyl (C=O) groups excluding carboxylic acids is 2. The van der Waals surface area contributed by atoms with Gasteiger partial charge in [-0.1, -0.05) is 60.1 Å². The van der Waals surface area contributed by atoms with Crippen molar-refractivity contribution in [2.45, 2.75) is 119 Å². The summed E-state index contributed by atoms with van der Waals surface area (Å²) in [5.41, 5.74) is 1.97. The third-order valence-electron chi connectivity index (χ3n) is 12.9. The van der Waals surface area contributed by atoms with Gasteiger partial charge in [0.2, 0.25) is 0 Å². The Morgan fingerprint density at radius 2 is 1.57 bits per heavy atom. The van der Waals surface area contributed by atoms with Gasteiger partial charge in [-0.3, -0.25) is 9.59 Å². The molecule has 0 saturated heterocycles. The lowest BCUT2D eigenvalue weighted by molar-refractivity contribution is -0.205. The molecule has 5 aliphatic rings. The van der Waals surface area contributed by atoms with E-state index in [0.29, 0.717) is 29.6 Å². The van der Waals surface area contributed by atoms with Gasteiger partial charge in [-0.25, -0.2) is 0 Å². The second-order valence-electron chi connectivity index (χ2n) is 15.8. The summed E-state index contributed by atoms with van der Waals surface area (Å²) < 4.78 is 11.4. The monoisotopic (exact) mass is 512 g/mol. The van der Waals surface area contributed by atoms with Gasteiger partial charge in [0.05, 0.1) is 12.5 Å². The van der Waals surface area contributed by atoms with E-state index in [9.17, 15) is 9.59 Å². The normalized spacial score (nSPS) is 47.8. The number of carbonyl (C=O) groups is 2. The largest absolute Gasteiger partial charge is 0.469 e. The van der Waals surface area contributed by atoms with Crippen LogP contribution in [0.4, 0.5) is 0 Å². The molecule has 0 radical (unpaired) electrons. The Morgan fingerprint density at radius 3 is 2.22 bits per heavy atom. The molecule has 5 aliphatic carbocycles. The fourth-order valence-electron chi connectivity index (χ4n) is 11.5. The van der Waals surface area contributed by atoms with Gasteiger partial charge in [-0.15, -0.1) is 0 Å². The van der Waals surface area contributed by atoms with Crippen molar-refractivity contribution in [2.75, 3.05) is 7.11 Å². The number of rotatable bonds is 2. The fraction of sp³-hybridized carbons (Fsp3) is 0.879. The Morgan fingerprint density at radius 1 is 0.892 bits per heavy atom. The molecule has 0 bridgehead atoms. The van der Waals surface area contributed by atoms with E-state index < -0.39 is 0 Å². The minimum atomic E-state index is -0.347. The first kappa shape index (κ1) is 27.3. The number of ether oxygens (including phenoxy) is 2. The summed E-state index contributed by atoms with van der Waals surface area (Å²) in [6, 6.07) is 0. The van der Waals surface area contributed by atoms with Crippen LogP contribution in [-0.2, 0) is 19.1 Å². The molecule has 0 amide bonds. The number of allylic oxidation sites excluding steroid dienone is 2. The van der Waals surface area contributed by atoms with Crippen molar-refractivity contribution in [3.8, 4) is 0 Å². The zero-order valence-electron chi connectivity index (χ0n) is 25.0. The molecule has 0 aromatic heterocycles. The maximum atomic E-state index is 13.4. The maximum absolute atomic E-state index is 13.4. The summed E-state index contributed by atoms with van der Waals surface area (Å²) in [6.45, 7) is 18.7. The van der Waals surface area contributed by atoms with Gasteiger partial charge in [0.25, 0.3) is 0 Å². The van der Waals surface area contributed by atoms with Crippen molar-refractivity contribution in [3.05, 3.63) is 11.6 Å². The molecule has 5 rings (SSSR count). The van der Waals surface area contributed by atoms with Crippen LogP contribution in [0.2, 0.25) is 0 Å². The van der Waals surface area contributed by atoms with Crippen molar-refractivity contribution >= 4 is 11.9 Å². The minimum absolute atomic E-state index is 0.0147. The lowest BCUT2D eigenvalue weighted by Crippen LogP contribution is -2.63. The average molecular weight is 513 g/mol. The summed E-state index contributed by atoms with van der Waals surface area (Å²) in [6.07, 6.45) is 12.4. The van der Waals surface area contributed by atoms with Crippen LogP contribution in [0.3, 0.4) is 0 Å². The molecule has 0 aromatic rings. The van der Waals surface area contributed by atoms with E-state index in [1.165, 1.54) is 12.8 Å². The molecule has 4 saturated carbocycles. The van der Waals surface area contributed by atoms with Crippen LogP contribution < -0.4 is 0 Å². The molecule has 0 N–H and O–H groups in total. The highest BCUT2D eigenvalue weighted by Crippen LogP contribution is 2.73. The first-order valence-electron chi connectivity index (χ1n) is 15.1. The number of hydrogen-bond acceptors (Lipinski definition) is 4. The van der Waals surface area contributed by atoms with E-state index in [0.717, 1.165) is 44.9 Å². The second kappa shape index (κ2) is 8.59. The summed E-state index contributed by atoms with van der Waals surface area (Å²) >= 11 is 0. The Hall–Kier alpha value is -1.32. The van der Waals surface area contributed by atoms with E-state index in [2.05, 4.69) is 54.5 Å². The topological polar surface area (TPSA) is 52.6 Å². The quantitative estimate of drug-likeness (QED) is 0.280. The molecule has 37 heavy (non-hydrogen) atoms. The van der Waals surface area contributed by atoms with E-state index in [1.807, 2.05) is 0 Å². The van der Waals surface area contributed by atoms with E-state index in [1.54, 1.807) is 19.6 Å². The summed E-state index contributed by atoms with van der Waals surface area (Å²) in [5.74, 6) is 2.38. The fourth-order valence-corrected chi connectivity index (χ4v) is 11.5. The Kier molecular flexibility index (Phi) is 6.33. The highest BCUT2D eigenvalue weighted by molar-refractivity contribution is 5.78. The van der Waals surface area contributed by atoms with E-state index in [4.69, 9.17) is 9.47 Å². The third-order valence-corrected chi connectivity index (χ3v) is 12.9. The molecule has 4 fully saturated rings. The van der Waals surface area contributed by atoms with Crippen LogP contribution in [0.1, 0.15) is 113 Å². The predicted molar refractivity (Wildman–Crippen MR) is 147 cm³/mol.